The van der Waals surface area contributed by atoms with E-state index in [9.17, 15) is 0 Å². The number of furan rings is 1. The largest absolute Gasteiger partial charge is 0.467 e. The highest BCUT2D eigenvalue weighted by atomic mass is 35.5. The fourth-order valence-electron chi connectivity index (χ4n) is 2.69. The number of hydrogen-bond donors (Lipinski definition) is 2. The van der Waals surface area contributed by atoms with Gasteiger partial charge in [0.15, 0.2) is 5.96 Å². The highest BCUT2D eigenvalue weighted by molar-refractivity contribution is 6.30. The van der Waals surface area contributed by atoms with Crippen LogP contribution < -0.4 is 10.6 Å². The highest BCUT2D eigenvalue weighted by Gasteiger charge is 2.44. The van der Waals surface area contributed by atoms with Crippen molar-refractivity contribution in [1.29, 1.82) is 0 Å². The summed E-state index contributed by atoms with van der Waals surface area (Å²) in [6.45, 7) is 4.28. The van der Waals surface area contributed by atoms with Crippen LogP contribution >= 0.6 is 11.6 Å². The third-order valence-electron chi connectivity index (χ3n) is 4.20. The SMILES string of the molecule is CCNC(=NCc1ccco1)NCC1(c2cccc(Cl)c2)CC1. The van der Waals surface area contributed by atoms with Gasteiger partial charge in [0.2, 0.25) is 0 Å². The van der Waals surface area contributed by atoms with Crippen LogP contribution in [0.5, 0.6) is 0 Å². The van der Waals surface area contributed by atoms with Crippen molar-refractivity contribution in [2.45, 2.75) is 31.7 Å². The summed E-state index contributed by atoms with van der Waals surface area (Å²) >= 11 is 6.13. The van der Waals surface area contributed by atoms with Crippen LogP contribution in [0.3, 0.4) is 0 Å². The van der Waals surface area contributed by atoms with E-state index in [1.165, 1.54) is 18.4 Å². The minimum Gasteiger partial charge on any atom is -0.467 e. The molecule has 122 valence electrons. The molecule has 1 saturated carbocycles. The molecular weight excluding hydrogens is 310 g/mol. The zero-order chi connectivity index (χ0) is 16.1. The lowest BCUT2D eigenvalue weighted by Gasteiger charge is -2.19. The van der Waals surface area contributed by atoms with Crippen molar-refractivity contribution in [3.05, 3.63) is 59.0 Å². The number of nitrogens with one attached hydrogen (secondary N) is 2. The Morgan fingerprint density at radius 2 is 2.13 bits per heavy atom. The van der Waals surface area contributed by atoms with Gasteiger partial charge < -0.3 is 15.1 Å². The molecule has 0 unspecified atom stereocenters. The molecule has 4 nitrogen and oxygen atoms in total. The van der Waals surface area contributed by atoms with Crippen molar-refractivity contribution in [3.63, 3.8) is 0 Å². The van der Waals surface area contributed by atoms with E-state index in [0.29, 0.717) is 6.54 Å². The van der Waals surface area contributed by atoms with Crippen LogP contribution in [0.25, 0.3) is 0 Å². The zero-order valence-electron chi connectivity index (χ0n) is 13.3. The molecule has 2 N–H and O–H groups in total. The van der Waals surface area contributed by atoms with Gasteiger partial charge >= 0.3 is 0 Å². The topological polar surface area (TPSA) is 49.6 Å². The summed E-state index contributed by atoms with van der Waals surface area (Å²) in [7, 11) is 0. The van der Waals surface area contributed by atoms with Crippen LogP contribution in [-0.4, -0.2) is 19.0 Å². The Morgan fingerprint density at radius 3 is 2.78 bits per heavy atom. The number of hydrogen-bond acceptors (Lipinski definition) is 2. The van der Waals surface area contributed by atoms with Gasteiger partial charge in [-0.15, -0.1) is 0 Å². The Bertz CT molecular complexity index is 663. The molecular formula is C18H22ClN3O. The fourth-order valence-corrected chi connectivity index (χ4v) is 2.88. The van der Waals surface area contributed by atoms with Crippen LogP contribution in [0.15, 0.2) is 52.1 Å². The minimum atomic E-state index is 0.186. The third kappa shape index (κ3) is 4.08. The normalized spacial score (nSPS) is 16.2. The number of nitrogens with zero attached hydrogens (tertiary/aromatic N) is 1. The quantitative estimate of drug-likeness (QED) is 0.626. The standard InChI is InChI=1S/C18H22ClN3O/c1-2-20-17(21-12-16-7-4-10-23-16)22-13-18(8-9-18)14-5-3-6-15(19)11-14/h3-7,10-11H,2,8-9,12-13H2,1H3,(H2,20,21,22). The molecule has 2 aromatic rings. The average molecular weight is 332 g/mol. The maximum atomic E-state index is 6.13. The first-order valence-electron chi connectivity index (χ1n) is 8.02. The number of halogens is 1. The molecule has 1 heterocycles. The maximum Gasteiger partial charge on any atom is 0.191 e. The molecule has 1 aliphatic carbocycles. The molecule has 0 saturated heterocycles. The highest BCUT2D eigenvalue weighted by Crippen LogP contribution is 2.48. The smallest absolute Gasteiger partial charge is 0.191 e. The Balaban J connectivity index is 1.63. The fraction of sp³-hybridized carbons (Fsp3) is 0.389. The van der Waals surface area contributed by atoms with Gasteiger partial charge in [0.25, 0.3) is 0 Å². The summed E-state index contributed by atoms with van der Waals surface area (Å²) in [5.74, 6) is 1.68. The molecule has 0 amide bonds. The van der Waals surface area contributed by atoms with Gasteiger partial charge in [-0.2, -0.15) is 0 Å². The van der Waals surface area contributed by atoms with E-state index in [-0.39, 0.29) is 5.41 Å². The molecule has 1 fully saturated rings. The zero-order valence-corrected chi connectivity index (χ0v) is 14.1. The first-order chi connectivity index (χ1) is 11.2. The Labute approximate surface area is 141 Å². The van der Waals surface area contributed by atoms with Crippen LogP contribution in [-0.2, 0) is 12.0 Å². The Kier molecular flexibility index (Phi) is 4.91. The predicted molar refractivity (Wildman–Crippen MR) is 93.9 cm³/mol. The van der Waals surface area contributed by atoms with E-state index in [0.717, 1.165) is 29.8 Å². The van der Waals surface area contributed by atoms with Gasteiger partial charge in [-0.3, -0.25) is 0 Å². The van der Waals surface area contributed by atoms with Crippen molar-refractivity contribution in [3.8, 4) is 0 Å². The van der Waals surface area contributed by atoms with Gasteiger partial charge in [-0.1, -0.05) is 23.7 Å². The molecule has 0 radical (unpaired) electrons. The van der Waals surface area contributed by atoms with Crippen LogP contribution in [0, 0.1) is 0 Å². The minimum absolute atomic E-state index is 0.186. The molecule has 1 aromatic heterocycles. The van der Waals surface area contributed by atoms with E-state index in [2.05, 4.69) is 34.7 Å². The molecule has 1 aliphatic rings. The van der Waals surface area contributed by atoms with Gasteiger partial charge in [0.05, 0.1) is 6.26 Å². The number of aliphatic imine (C=N–C) groups is 1. The van der Waals surface area contributed by atoms with Crippen LogP contribution in [0.4, 0.5) is 0 Å². The second-order valence-corrected chi connectivity index (χ2v) is 6.36. The van der Waals surface area contributed by atoms with Crippen molar-refractivity contribution >= 4 is 17.6 Å². The Hall–Kier alpha value is -1.94. The van der Waals surface area contributed by atoms with Crippen LogP contribution in [0.2, 0.25) is 5.02 Å². The molecule has 0 aliphatic heterocycles. The van der Waals surface area contributed by atoms with Crippen molar-refractivity contribution in [1.82, 2.24) is 10.6 Å². The molecule has 1 aromatic carbocycles. The van der Waals surface area contributed by atoms with E-state index in [1.807, 2.05) is 24.3 Å². The number of guanidine groups is 1. The van der Waals surface area contributed by atoms with Gasteiger partial charge in [0, 0.05) is 23.5 Å². The lowest BCUT2D eigenvalue weighted by Crippen LogP contribution is -2.41. The van der Waals surface area contributed by atoms with Gasteiger partial charge in [-0.05, 0) is 49.6 Å². The first kappa shape index (κ1) is 15.9. The number of benzene rings is 1. The van der Waals surface area contributed by atoms with Crippen molar-refractivity contribution in [2.75, 3.05) is 13.1 Å². The van der Waals surface area contributed by atoms with E-state index < -0.39 is 0 Å². The second kappa shape index (κ2) is 7.09. The van der Waals surface area contributed by atoms with E-state index in [4.69, 9.17) is 16.0 Å². The molecule has 0 bridgehead atoms. The van der Waals surface area contributed by atoms with E-state index in [1.54, 1.807) is 6.26 Å². The number of rotatable bonds is 6. The van der Waals surface area contributed by atoms with Crippen molar-refractivity contribution < 1.29 is 4.42 Å². The summed E-state index contributed by atoms with van der Waals surface area (Å²) in [4.78, 5) is 4.57. The summed E-state index contributed by atoms with van der Waals surface area (Å²) in [6.07, 6.45) is 4.03. The predicted octanol–water partition coefficient (Wildman–Crippen LogP) is 3.72. The third-order valence-corrected chi connectivity index (χ3v) is 4.44. The lowest BCUT2D eigenvalue weighted by molar-refractivity contribution is 0.511. The monoisotopic (exact) mass is 331 g/mol. The second-order valence-electron chi connectivity index (χ2n) is 5.92. The molecule has 0 spiro atoms. The summed E-state index contributed by atoms with van der Waals surface area (Å²) in [5, 5.41) is 7.54. The summed E-state index contributed by atoms with van der Waals surface area (Å²) in [5.41, 5.74) is 1.49. The molecule has 5 heteroatoms. The van der Waals surface area contributed by atoms with Gasteiger partial charge in [-0.25, -0.2) is 4.99 Å². The lowest BCUT2D eigenvalue weighted by atomic mass is 9.96. The summed E-state index contributed by atoms with van der Waals surface area (Å²) in [6, 6.07) is 12.0. The molecule has 3 rings (SSSR count). The van der Waals surface area contributed by atoms with Crippen LogP contribution in [0.1, 0.15) is 31.1 Å². The molecule has 0 atom stereocenters. The van der Waals surface area contributed by atoms with Gasteiger partial charge in [0.1, 0.15) is 12.3 Å². The summed E-state index contributed by atoms with van der Waals surface area (Å²) < 4.78 is 5.32. The maximum absolute atomic E-state index is 6.13. The Morgan fingerprint density at radius 1 is 1.26 bits per heavy atom. The average Bonchev–Trinajstić information content (AvgIpc) is 3.17. The van der Waals surface area contributed by atoms with E-state index >= 15 is 0 Å². The molecule has 23 heavy (non-hydrogen) atoms. The van der Waals surface area contributed by atoms with Crippen molar-refractivity contribution in [2.24, 2.45) is 4.99 Å². The first-order valence-corrected chi connectivity index (χ1v) is 8.40.